The molecule has 0 aliphatic heterocycles. The molecule has 1 aromatic rings. The van der Waals surface area contributed by atoms with Crippen LogP contribution in [0.5, 0.6) is 0 Å². The smallest absolute Gasteiger partial charge is 0.151 e. The van der Waals surface area contributed by atoms with Crippen molar-refractivity contribution in [1.82, 2.24) is 5.32 Å². The quantitative estimate of drug-likeness (QED) is 0.818. The zero-order valence-electron chi connectivity index (χ0n) is 13.8. The van der Waals surface area contributed by atoms with Gasteiger partial charge < -0.3 is 5.32 Å². The van der Waals surface area contributed by atoms with Gasteiger partial charge >= 0.3 is 0 Å². The largest absolute Gasteiger partial charge is 0.312 e. The molecular weight excluding hydrogens is 294 g/mol. The van der Waals surface area contributed by atoms with Crippen molar-refractivity contribution in [1.29, 1.82) is 0 Å². The van der Waals surface area contributed by atoms with Crippen molar-refractivity contribution in [2.45, 2.75) is 39.0 Å². The first-order chi connectivity index (χ1) is 10.3. The van der Waals surface area contributed by atoms with Crippen molar-refractivity contribution in [3.63, 3.8) is 0 Å². The number of benzene rings is 1. The van der Waals surface area contributed by atoms with E-state index in [4.69, 9.17) is 0 Å². The molecule has 0 fully saturated rings. The Balaban J connectivity index is 1.84. The van der Waals surface area contributed by atoms with Gasteiger partial charge in [0.05, 0.1) is 5.75 Å². The summed E-state index contributed by atoms with van der Waals surface area (Å²) in [6, 6.07) is 7.85. The van der Waals surface area contributed by atoms with Gasteiger partial charge in [-0.25, -0.2) is 8.42 Å². The van der Waals surface area contributed by atoms with E-state index < -0.39 is 9.84 Å². The molecule has 0 spiro atoms. The lowest BCUT2D eigenvalue weighted by Gasteiger charge is -2.29. The van der Waals surface area contributed by atoms with Gasteiger partial charge in [0.25, 0.3) is 0 Å². The van der Waals surface area contributed by atoms with Crippen LogP contribution in [0.2, 0.25) is 0 Å². The van der Waals surface area contributed by atoms with E-state index in [-0.39, 0.29) is 5.75 Å². The lowest BCUT2D eigenvalue weighted by atomic mass is 9.80. The number of nitrogens with one attached hydrogen (secondary N) is 1. The average Bonchev–Trinajstić information content (AvgIpc) is 2.42. The molecule has 1 aliphatic carbocycles. The predicted octanol–water partition coefficient (Wildman–Crippen LogP) is 3.31. The van der Waals surface area contributed by atoms with Gasteiger partial charge in [-0.15, -0.1) is 0 Å². The summed E-state index contributed by atoms with van der Waals surface area (Å²) in [7, 11) is -2.96. The normalized spacial score (nSPS) is 22.4. The summed E-state index contributed by atoms with van der Waals surface area (Å²) in [6.07, 6.45) is 6.13. The van der Waals surface area contributed by atoms with Crippen molar-refractivity contribution in [2.75, 3.05) is 12.8 Å². The molecule has 0 bridgehead atoms. The molecule has 122 valence electrons. The van der Waals surface area contributed by atoms with Crippen LogP contribution >= 0.6 is 0 Å². The number of sulfone groups is 1. The summed E-state index contributed by atoms with van der Waals surface area (Å²) in [5.41, 5.74) is 3.56. The predicted molar refractivity (Wildman–Crippen MR) is 92.3 cm³/mol. The van der Waals surface area contributed by atoms with Crippen LogP contribution in [0.3, 0.4) is 0 Å². The van der Waals surface area contributed by atoms with Gasteiger partial charge in [-0.2, -0.15) is 0 Å². The Labute approximate surface area is 134 Å². The lowest BCUT2D eigenvalue weighted by molar-refractivity contribution is 0.350. The number of hydrogen-bond acceptors (Lipinski definition) is 3. The van der Waals surface area contributed by atoms with E-state index in [1.807, 2.05) is 24.3 Å². The molecule has 2 rings (SSSR count). The highest BCUT2D eigenvalue weighted by Gasteiger charge is 2.21. The van der Waals surface area contributed by atoms with Crippen LogP contribution in [0.4, 0.5) is 0 Å². The molecular formula is C18H27NO2S. The maximum atomic E-state index is 11.3. The Morgan fingerprint density at radius 1 is 1.18 bits per heavy atom. The molecule has 22 heavy (non-hydrogen) atoms. The highest BCUT2D eigenvalue weighted by Crippen LogP contribution is 2.29. The molecule has 3 nitrogen and oxygen atoms in total. The van der Waals surface area contributed by atoms with Crippen LogP contribution in [-0.4, -0.2) is 21.2 Å². The van der Waals surface area contributed by atoms with Gasteiger partial charge in [-0.1, -0.05) is 42.8 Å². The van der Waals surface area contributed by atoms with Crippen LogP contribution in [0.15, 0.2) is 35.9 Å². The van der Waals surface area contributed by atoms with Crippen molar-refractivity contribution in [3.8, 4) is 0 Å². The highest BCUT2D eigenvalue weighted by atomic mass is 32.2. The molecule has 1 N–H and O–H groups in total. The average molecular weight is 321 g/mol. The van der Waals surface area contributed by atoms with Crippen molar-refractivity contribution < 1.29 is 8.42 Å². The summed E-state index contributed by atoms with van der Waals surface area (Å²) < 4.78 is 22.6. The fraction of sp³-hybridized carbons (Fsp3) is 0.556. The Kier molecular flexibility index (Phi) is 5.81. The molecule has 0 radical (unpaired) electrons. The van der Waals surface area contributed by atoms with Crippen LogP contribution in [0.25, 0.3) is 0 Å². The first-order valence-electron chi connectivity index (χ1n) is 7.98. The van der Waals surface area contributed by atoms with Gasteiger partial charge in [0.15, 0.2) is 9.84 Å². The zero-order valence-corrected chi connectivity index (χ0v) is 14.6. The second kappa shape index (κ2) is 7.42. The third-order valence-electron chi connectivity index (χ3n) is 4.51. The summed E-state index contributed by atoms with van der Waals surface area (Å²) in [5.74, 6) is 1.50. The van der Waals surface area contributed by atoms with Gasteiger partial charge in [0.1, 0.15) is 0 Å². The van der Waals surface area contributed by atoms with Gasteiger partial charge in [-0.05, 0) is 42.7 Å². The monoisotopic (exact) mass is 321 g/mol. The maximum absolute atomic E-state index is 11.3. The van der Waals surface area contributed by atoms with Crippen LogP contribution in [0, 0.1) is 11.8 Å². The minimum absolute atomic E-state index is 0.115. The van der Waals surface area contributed by atoms with E-state index in [2.05, 4.69) is 25.2 Å². The molecule has 0 saturated carbocycles. The topological polar surface area (TPSA) is 46.2 Å². The Morgan fingerprint density at radius 3 is 2.41 bits per heavy atom. The lowest BCUT2D eigenvalue weighted by Crippen LogP contribution is -2.29. The standard InChI is InChI=1S/C18H27NO2S/c1-14-5-4-6-15(2)18(14)12-19-11-16-7-9-17(10-8-16)13-22(3,20)21/h5,7-10,15,18-19H,4,6,11-13H2,1-3H3/t15-,18+/m1/s1. The summed E-state index contributed by atoms with van der Waals surface area (Å²) >= 11 is 0. The van der Waals surface area contributed by atoms with Crippen molar-refractivity contribution in [3.05, 3.63) is 47.0 Å². The fourth-order valence-electron chi connectivity index (χ4n) is 3.17. The Hall–Kier alpha value is -1.13. The molecule has 1 aromatic carbocycles. The van der Waals surface area contributed by atoms with E-state index in [1.165, 1.54) is 30.2 Å². The molecule has 0 amide bonds. The van der Waals surface area contributed by atoms with Crippen molar-refractivity contribution in [2.24, 2.45) is 11.8 Å². The SMILES string of the molecule is CC1=CCC[C@@H](C)[C@H]1CNCc1ccc(CS(C)(=O)=O)cc1. The van der Waals surface area contributed by atoms with E-state index in [1.54, 1.807) is 0 Å². The maximum Gasteiger partial charge on any atom is 0.151 e. The number of hydrogen-bond donors (Lipinski definition) is 1. The van der Waals surface area contributed by atoms with Crippen LogP contribution < -0.4 is 5.32 Å². The number of allylic oxidation sites excluding steroid dienone is 1. The number of rotatable bonds is 6. The van der Waals surface area contributed by atoms with E-state index >= 15 is 0 Å². The second-order valence-corrected chi connectivity index (χ2v) is 8.77. The Morgan fingerprint density at radius 2 is 1.82 bits per heavy atom. The van der Waals surface area contributed by atoms with Crippen molar-refractivity contribution >= 4 is 9.84 Å². The summed E-state index contributed by atoms with van der Waals surface area (Å²) in [4.78, 5) is 0. The molecule has 0 aromatic heterocycles. The molecule has 0 saturated heterocycles. The van der Waals surface area contributed by atoms with Crippen LogP contribution in [-0.2, 0) is 22.1 Å². The van der Waals surface area contributed by atoms with E-state index in [0.29, 0.717) is 5.92 Å². The van der Waals surface area contributed by atoms with E-state index in [9.17, 15) is 8.42 Å². The van der Waals surface area contributed by atoms with Gasteiger partial charge in [0.2, 0.25) is 0 Å². The molecule has 0 unspecified atom stereocenters. The summed E-state index contributed by atoms with van der Waals surface area (Å²) in [5, 5.41) is 3.54. The summed E-state index contributed by atoms with van der Waals surface area (Å²) in [6.45, 7) is 6.41. The van der Waals surface area contributed by atoms with Crippen LogP contribution in [0.1, 0.15) is 37.8 Å². The first kappa shape index (κ1) is 17.2. The third-order valence-corrected chi connectivity index (χ3v) is 5.36. The van der Waals surface area contributed by atoms with Gasteiger partial charge in [0, 0.05) is 19.3 Å². The fourth-order valence-corrected chi connectivity index (χ4v) is 3.96. The molecule has 1 aliphatic rings. The van der Waals surface area contributed by atoms with Gasteiger partial charge in [-0.3, -0.25) is 0 Å². The second-order valence-electron chi connectivity index (χ2n) is 6.63. The Bertz CT molecular complexity index is 617. The third kappa shape index (κ3) is 5.25. The first-order valence-corrected chi connectivity index (χ1v) is 10.0. The minimum atomic E-state index is -2.96. The highest BCUT2D eigenvalue weighted by molar-refractivity contribution is 7.89. The minimum Gasteiger partial charge on any atom is -0.312 e. The molecule has 4 heteroatoms. The zero-order chi connectivity index (χ0) is 16.2. The van der Waals surface area contributed by atoms with E-state index in [0.717, 1.165) is 24.6 Å². The molecule has 2 atom stereocenters. The molecule has 0 heterocycles.